The van der Waals surface area contributed by atoms with Crippen LogP contribution in [0.2, 0.25) is 5.02 Å². The van der Waals surface area contributed by atoms with Crippen molar-refractivity contribution in [3.05, 3.63) is 59.1 Å². The van der Waals surface area contributed by atoms with Crippen molar-refractivity contribution in [1.82, 2.24) is 0 Å². The zero-order valence-electron chi connectivity index (χ0n) is 9.92. The van der Waals surface area contributed by atoms with Crippen molar-refractivity contribution in [2.45, 2.75) is 10.1 Å². The van der Waals surface area contributed by atoms with Gasteiger partial charge in [-0.3, -0.25) is 4.79 Å². The minimum absolute atomic E-state index is 0.433. The predicted octanol–water partition coefficient (Wildman–Crippen LogP) is 3.84. The number of halogens is 1. The molecule has 0 spiro atoms. The quantitative estimate of drug-likeness (QED) is 0.664. The third kappa shape index (κ3) is 3.43. The Bertz CT molecular complexity index is 589. The average Bonchev–Trinajstić information content (AvgIpc) is 2.40. The molecule has 1 unspecified atom stereocenters. The zero-order chi connectivity index (χ0) is 13.8. The number of aliphatic carboxylic acids is 1. The molecule has 0 bridgehead atoms. The van der Waals surface area contributed by atoms with Crippen LogP contribution in [0.25, 0.3) is 0 Å². The monoisotopic (exact) mass is 293 g/mol. The largest absolute Gasteiger partial charge is 0.480 e. The Morgan fingerprint density at radius 3 is 2.47 bits per heavy atom. The van der Waals surface area contributed by atoms with Gasteiger partial charge in [0.1, 0.15) is 5.25 Å². The maximum absolute atomic E-state index is 11.4. The van der Waals surface area contributed by atoms with Gasteiger partial charge in [-0.2, -0.15) is 0 Å². The Labute approximate surface area is 120 Å². The standard InChI is InChI=1S/C14H12ClNO2S/c15-11-8-10(6-7-12(11)16)19-13(14(17)18)9-4-2-1-3-5-9/h1-8,13H,16H2,(H,17,18). The van der Waals surface area contributed by atoms with E-state index in [1.165, 1.54) is 11.8 Å². The van der Waals surface area contributed by atoms with Crippen molar-refractivity contribution >= 4 is 35.0 Å². The first kappa shape index (κ1) is 13.8. The van der Waals surface area contributed by atoms with Gasteiger partial charge in [0.2, 0.25) is 0 Å². The van der Waals surface area contributed by atoms with Crippen LogP contribution >= 0.6 is 23.4 Å². The fraction of sp³-hybridized carbons (Fsp3) is 0.0714. The molecule has 3 N–H and O–H groups in total. The summed E-state index contributed by atoms with van der Waals surface area (Å²) in [5.74, 6) is -0.885. The van der Waals surface area contributed by atoms with Crippen LogP contribution in [0.1, 0.15) is 10.8 Å². The summed E-state index contributed by atoms with van der Waals surface area (Å²) in [6, 6.07) is 14.2. The molecule has 0 aliphatic heterocycles. The second kappa shape index (κ2) is 5.99. The van der Waals surface area contributed by atoms with E-state index in [1.54, 1.807) is 30.3 Å². The molecule has 98 valence electrons. The summed E-state index contributed by atoms with van der Waals surface area (Å²) in [5, 5.41) is 9.10. The Balaban J connectivity index is 2.27. The number of benzene rings is 2. The Kier molecular flexibility index (Phi) is 4.35. The summed E-state index contributed by atoms with van der Waals surface area (Å²) < 4.78 is 0. The summed E-state index contributed by atoms with van der Waals surface area (Å²) in [6.45, 7) is 0. The normalized spacial score (nSPS) is 12.1. The lowest BCUT2D eigenvalue weighted by molar-refractivity contribution is -0.136. The number of carboxylic acid groups (broad SMARTS) is 1. The molecule has 2 rings (SSSR count). The minimum Gasteiger partial charge on any atom is -0.480 e. The molecular formula is C14H12ClNO2S. The van der Waals surface area contributed by atoms with E-state index in [9.17, 15) is 9.90 Å². The number of nitrogen functional groups attached to an aromatic ring is 1. The van der Waals surface area contributed by atoms with Gasteiger partial charge in [0.05, 0.1) is 10.7 Å². The summed E-state index contributed by atoms with van der Waals surface area (Å²) in [7, 11) is 0. The molecular weight excluding hydrogens is 282 g/mol. The molecule has 2 aromatic carbocycles. The van der Waals surface area contributed by atoms with Crippen molar-refractivity contribution < 1.29 is 9.90 Å². The molecule has 19 heavy (non-hydrogen) atoms. The highest BCUT2D eigenvalue weighted by molar-refractivity contribution is 8.00. The van der Waals surface area contributed by atoms with Gasteiger partial charge >= 0.3 is 5.97 Å². The second-order valence-corrected chi connectivity index (χ2v) is 5.52. The summed E-state index contributed by atoms with van der Waals surface area (Å²) in [5.41, 5.74) is 6.86. The molecule has 0 aromatic heterocycles. The van der Waals surface area contributed by atoms with Crippen LogP contribution in [-0.2, 0) is 4.79 Å². The average molecular weight is 294 g/mol. The van der Waals surface area contributed by atoms with E-state index in [0.717, 1.165) is 10.5 Å². The van der Waals surface area contributed by atoms with Crippen LogP contribution in [-0.4, -0.2) is 11.1 Å². The van der Waals surface area contributed by atoms with Crippen molar-refractivity contribution in [1.29, 1.82) is 0 Å². The SMILES string of the molecule is Nc1ccc(SC(C(=O)O)c2ccccc2)cc1Cl. The molecule has 0 amide bonds. The van der Waals surface area contributed by atoms with Gasteiger partial charge in [0.15, 0.2) is 0 Å². The van der Waals surface area contributed by atoms with Gasteiger partial charge in [-0.05, 0) is 23.8 Å². The van der Waals surface area contributed by atoms with E-state index in [0.29, 0.717) is 10.7 Å². The topological polar surface area (TPSA) is 63.3 Å². The third-order valence-corrected chi connectivity index (χ3v) is 4.12. The lowest BCUT2D eigenvalue weighted by atomic mass is 10.1. The Hall–Kier alpha value is -1.65. The van der Waals surface area contributed by atoms with Gasteiger partial charge in [0, 0.05) is 4.90 Å². The number of carbonyl (C=O) groups is 1. The fourth-order valence-electron chi connectivity index (χ4n) is 1.61. The van der Waals surface area contributed by atoms with Crippen LogP contribution < -0.4 is 5.73 Å². The molecule has 0 saturated heterocycles. The lowest BCUT2D eigenvalue weighted by Gasteiger charge is -2.13. The molecule has 5 heteroatoms. The molecule has 0 radical (unpaired) electrons. The summed E-state index contributed by atoms with van der Waals surface area (Å²) >= 11 is 7.17. The first-order valence-corrected chi connectivity index (χ1v) is 6.83. The van der Waals surface area contributed by atoms with E-state index >= 15 is 0 Å². The van der Waals surface area contributed by atoms with E-state index < -0.39 is 11.2 Å². The van der Waals surface area contributed by atoms with E-state index in [-0.39, 0.29) is 0 Å². The molecule has 3 nitrogen and oxygen atoms in total. The number of thioether (sulfide) groups is 1. The van der Waals surface area contributed by atoms with Gasteiger partial charge in [-0.1, -0.05) is 41.9 Å². The van der Waals surface area contributed by atoms with Crippen molar-refractivity contribution in [2.24, 2.45) is 0 Å². The zero-order valence-corrected chi connectivity index (χ0v) is 11.5. The van der Waals surface area contributed by atoms with Crippen molar-refractivity contribution in [3.63, 3.8) is 0 Å². The molecule has 0 heterocycles. The first-order chi connectivity index (χ1) is 9.08. The van der Waals surface area contributed by atoms with Crippen LogP contribution in [0.5, 0.6) is 0 Å². The maximum Gasteiger partial charge on any atom is 0.321 e. The highest BCUT2D eigenvalue weighted by Crippen LogP contribution is 2.37. The molecule has 0 fully saturated rings. The number of hydrogen-bond acceptors (Lipinski definition) is 3. The second-order valence-electron chi connectivity index (χ2n) is 3.93. The van der Waals surface area contributed by atoms with Crippen LogP contribution in [0.3, 0.4) is 0 Å². The van der Waals surface area contributed by atoms with E-state index in [4.69, 9.17) is 17.3 Å². The Morgan fingerprint density at radius 2 is 1.89 bits per heavy atom. The number of hydrogen-bond donors (Lipinski definition) is 2. The van der Waals surface area contributed by atoms with Gasteiger partial charge in [-0.25, -0.2) is 0 Å². The van der Waals surface area contributed by atoms with Crippen molar-refractivity contribution in [2.75, 3.05) is 5.73 Å². The van der Waals surface area contributed by atoms with E-state index in [2.05, 4.69) is 0 Å². The number of carboxylic acids is 1. The molecule has 1 atom stereocenters. The number of nitrogens with two attached hydrogens (primary N) is 1. The minimum atomic E-state index is -0.885. The summed E-state index contributed by atoms with van der Waals surface area (Å²) in [4.78, 5) is 12.2. The van der Waals surface area contributed by atoms with Gasteiger partial charge in [0.25, 0.3) is 0 Å². The molecule has 0 aliphatic rings. The molecule has 0 saturated carbocycles. The summed E-state index contributed by atoms with van der Waals surface area (Å²) in [6.07, 6.45) is 0. The van der Waals surface area contributed by atoms with E-state index in [1.807, 2.05) is 18.2 Å². The van der Waals surface area contributed by atoms with Crippen LogP contribution in [0.15, 0.2) is 53.4 Å². The Morgan fingerprint density at radius 1 is 1.21 bits per heavy atom. The molecule has 2 aromatic rings. The highest BCUT2D eigenvalue weighted by atomic mass is 35.5. The highest BCUT2D eigenvalue weighted by Gasteiger charge is 2.21. The number of anilines is 1. The number of rotatable bonds is 4. The first-order valence-electron chi connectivity index (χ1n) is 5.57. The van der Waals surface area contributed by atoms with Gasteiger partial charge in [-0.15, -0.1) is 11.8 Å². The fourth-order valence-corrected chi connectivity index (χ4v) is 2.85. The lowest BCUT2D eigenvalue weighted by Crippen LogP contribution is -2.07. The molecule has 0 aliphatic carbocycles. The van der Waals surface area contributed by atoms with Gasteiger partial charge < -0.3 is 10.8 Å². The predicted molar refractivity (Wildman–Crippen MR) is 78.5 cm³/mol. The van der Waals surface area contributed by atoms with Crippen molar-refractivity contribution in [3.8, 4) is 0 Å². The smallest absolute Gasteiger partial charge is 0.321 e. The van der Waals surface area contributed by atoms with Crippen LogP contribution in [0, 0.1) is 0 Å². The maximum atomic E-state index is 11.4. The van der Waals surface area contributed by atoms with Crippen LogP contribution in [0.4, 0.5) is 5.69 Å². The third-order valence-electron chi connectivity index (χ3n) is 2.55.